The normalized spacial score (nSPS) is 19.2. The van der Waals surface area contributed by atoms with Crippen LogP contribution in [0.2, 0.25) is 0 Å². The number of aromatic nitrogens is 4. The number of aryl methyl sites for hydroxylation is 1. The molecule has 1 fully saturated rings. The van der Waals surface area contributed by atoms with Gasteiger partial charge in [-0.15, -0.1) is 0 Å². The molecule has 0 atom stereocenters. The van der Waals surface area contributed by atoms with E-state index in [4.69, 9.17) is 4.98 Å². The van der Waals surface area contributed by atoms with Crippen molar-refractivity contribution in [2.24, 2.45) is 7.05 Å². The van der Waals surface area contributed by atoms with Crippen molar-refractivity contribution in [3.63, 3.8) is 0 Å². The van der Waals surface area contributed by atoms with Crippen LogP contribution in [-0.2, 0) is 17.1 Å². The van der Waals surface area contributed by atoms with Crippen molar-refractivity contribution in [1.29, 1.82) is 0 Å². The molecule has 1 aromatic carbocycles. The lowest BCUT2D eigenvalue weighted by atomic mass is 9.82. The summed E-state index contributed by atoms with van der Waals surface area (Å²) in [5, 5.41) is 8.70. The van der Waals surface area contributed by atoms with E-state index in [1.165, 1.54) is 9.54 Å². The summed E-state index contributed by atoms with van der Waals surface area (Å²) >= 11 is 0. The van der Waals surface area contributed by atoms with Gasteiger partial charge in [-0.3, -0.25) is 4.68 Å². The molecule has 0 radical (unpaired) electrons. The lowest BCUT2D eigenvalue weighted by molar-refractivity contribution is 0.347. The Morgan fingerprint density at radius 2 is 1.82 bits per heavy atom. The van der Waals surface area contributed by atoms with Crippen molar-refractivity contribution < 1.29 is 8.42 Å². The molecule has 1 aliphatic rings. The Morgan fingerprint density at radius 1 is 1.06 bits per heavy atom. The second-order valence-corrected chi connectivity index (χ2v) is 10.6. The molecule has 0 unspecified atom stereocenters. The minimum absolute atomic E-state index is 0.243. The zero-order valence-electron chi connectivity index (χ0n) is 19.0. The molecule has 4 aromatic rings. The summed E-state index contributed by atoms with van der Waals surface area (Å²) in [6.07, 6.45) is 11.7. The zero-order valence-corrected chi connectivity index (χ0v) is 19.8. The molecule has 0 saturated heterocycles. The first-order valence-corrected chi connectivity index (χ1v) is 13.0. The van der Waals surface area contributed by atoms with Crippen LogP contribution in [0.5, 0.6) is 0 Å². The Balaban J connectivity index is 1.61. The predicted molar refractivity (Wildman–Crippen MR) is 130 cm³/mol. The average molecular weight is 464 g/mol. The maximum Gasteiger partial charge on any atom is 0.269 e. The Kier molecular flexibility index (Phi) is 5.80. The summed E-state index contributed by atoms with van der Waals surface area (Å²) in [6, 6.07) is 11.2. The van der Waals surface area contributed by atoms with Crippen LogP contribution in [0.3, 0.4) is 0 Å². The first kappa shape index (κ1) is 21.9. The molecule has 8 heteroatoms. The van der Waals surface area contributed by atoms with Crippen molar-refractivity contribution in [1.82, 2.24) is 24.1 Å². The van der Waals surface area contributed by atoms with Gasteiger partial charge in [-0.05, 0) is 61.9 Å². The molecular formula is C25H29N5O2S. The molecule has 0 aliphatic heterocycles. The van der Waals surface area contributed by atoms with E-state index in [1.807, 2.05) is 25.5 Å². The number of nitrogens with zero attached hydrogens (tertiary/aromatic N) is 4. The van der Waals surface area contributed by atoms with Crippen LogP contribution in [0.25, 0.3) is 22.2 Å². The van der Waals surface area contributed by atoms with Crippen molar-refractivity contribution >= 4 is 21.1 Å². The van der Waals surface area contributed by atoms with Crippen molar-refractivity contribution in [2.45, 2.75) is 49.5 Å². The minimum atomic E-state index is -3.78. The molecule has 172 valence electrons. The maximum absolute atomic E-state index is 13.5. The van der Waals surface area contributed by atoms with Gasteiger partial charge in [0.1, 0.15) is 0 Å². The summed E-state index contributed by atoms with van der Waals surface area (Å²) in [5.41, 5.74) is 3.33. The Labute approximate surface area is 194 Å². The van der Waals surface area contributed by atoms with Crippen LogP contribution >= 0.6 is 0 Å². The second kappa shape index (κ2) is 8.76. The quantitative estimate of drug-likeness (QED) is 0.461. The summed E-state index contributed by atoms with van der Waals surface area (Å²) in [4.78, 5) is 4.94. The molecule has 33 heavy (non-hydrogen) atoms. The van der Waals surface area contributed by atoms with Gasteiger partial charge in [0, 0.05) is 48.2 Å². The lowest BCUT2D eigenvalue weighted by Gasteiger charge is -2.29. The maximum atomic E-state index is 13.5. The monoisotopic (exact) mass is 463 g/mol. The molecule has 1 aliphatic carbocycles. The SMILES string of the molecule is CCNC1CCC(c2cnc3c(c2)c(-c2cnn(C)c2)cn3S(=O)(=O)c2ccccc2)CC1. The molecule has 0 spiro atoms. The largest absolute Gasteiger partial charge is 0.314 e. The molecule has 1 saturated carbocycles. The number of pyridine rings is 1. The third-order valence-electron chi connectivity index (χ3n) is 6.64. The number of benzene rings is 1. The van der Waals surface area contributed by atoms with Crippen LogP contribution in [0.15, 0.2) is 66.1 Å². The van der Waals surface area contributed by atoms with Crippen molar-refractivity contribution in [3.05, 3.63) is 66.7 Å². The van der Waals surface area contributed by atoms with Gasteiger partial charge in [0.25, 0.3) is 10.0 Å². The molecule has 3 heterocycles. The highest BCUT2D eigenvalue weighted by Crippen LogP contribution is 2.37. The molecule has 5 rings (SSSR count). The Morgan fingerprint density at radius 3 is 2.48 bits per heavy atom. The van der Waals surface area contributed by atoms with Gasteiger partial charge in [-0.1, -0.05) is 25.1 Å². The molecule has 3 aromatic heterocycles. The van der Waals surface area contributed by atoms with Gasteiger partial charge >= 0.3 is 0 Å². The fourth-order valence-electron chi connectivity index (χ4n) is 4.92. The van der Waals surface area contributed by atoms with Gasteiger partial charge in [0.15, 0.2) is 5.65 Å². The third-order valence-corrected chi connectivity index (χ3v) is 8.30. The van der Waals surface area contributed by atoms with Crippen LogP contribution in [0, 0.1) is 0 Å². The zero-order chi connectivity index (χ0) is 23.0. The predicted octanol–water partition coefficient (Wildman–Crippen LogP) is 4.31. The highest BCUT2D eigenvalue weighted by molar-refractivity contribution is 7.90. The van der Waals surface area contributed by atoms with Gasteiger partial charge < -0.3 is 5.32 Å². The molecule has 0 amide bonds. The van der Waals surface area contributed by atoms with E-state index < -0.39 is 10.0 Å². The van der Waals surface area contributed by atoms with Crippen LogP contribution in [0.1, 0.15) is 44.1 Å². The molecule has 1 N–H and O–H groups in total. The summed E-state index contributed by atoms with van der Waals surface area (Å²) in [7, 11) is -1.92. The highest BCUT2D eigenvalue weighted by Gasteiger charge is 2.26. The molecule has 0 bridgehead atoms. The van der Waals surface area contributed by atoms with Crippen LogP contribution < -0.4 is 5.32 Å². The smallest absolute Gasteiger partial charge is 0.269 e. The average Bonchev–Trinajstić information content (AvgIpc) is 3.44. The fourth-order valence-corrected chi connectivity index (χ4v) is 6.26. The topological polar surface area (TPSA) is 81.8 Å². The Bertz CT molecular complexity index is 1370. The van der Waals surface area contributed by atoms with Crippen LogP contribution in [0.4, 0.5) is 0 Å². The number of nitrogens with one attached hydrogen (secondary N) is 1. The Hall–Kier alpha value is -2.97. The highest BCUT2D eigenvalue weighted by atomic mass is 32.2. The summed E-state index contributed by atoms with van der Waals surface area (Å²) < 4.78 is 30.0. The number of hydrogen-bond donors (Lipinski definition) is 1. The first-order valence-electron chi connectivity index (χ1n) is 11.5. The minimum Gasteiger partial charge on any atom is -0.314 e. The second-order valence-electron chi connectivity index (χ2n) is 8.81. The van der Waals surface area contributed by atoms with E-state index in [2.05, 4.69) is 23.4 Å². The third kappa shape index (κ3) is 4.09. The number of hydrogen-bond acceptors (Lipinski definition) is 5. The van der Waals surface area contributed by atoms with E-state index in [9.17, 15) is 8.42 Å². The molecular weight excluding hydrogens is 434 g/mol. The van der Waals surface area contributed by atoms with Crippen molar-refractivity contribution in [3.8, 4) is 11.1 Å². The van der Waals surface area contributed by atoms with E-state index in [-0.39, 0.29) is 4.90 Å². The number of fused-ring (bicyclic) bond motifs is 1. The molecule has 7 nitrogen and oxygen atoms in total. The van der Waals surface area contributed by atoms with Crippen LogP contribution in [-0.4, -0.2) is 39.7 Å². The van der Waals surface area contributed by atoms with E-state index >= 15 is 0 Å². The van der Waals surface area contributed by atoms with Gasteiger partial charge in [-0.2, -0.15) is 5.10 Å². The van der Waals surface area contributed by atoms with E-state index in [0.717, 1.165) is 48.7 Å². The fraction of sp³-hybridized carbons (Fsp3) is 0.360. The number of rotatable bonds is 6. The van der Waals surface area contributed by atoms with Gasteiger partial charge in [0.2, 0.25) is 0 Å². The van der Waals surface area contributed by atoms with E-state index in [0.29, 0.717) is 17.6 Å². The summed E-state index contributed by atoms with van der Waals surface area (Å²) in [5.74, 6) is 0.438. The summed E-state index contributed by atoms with van der Waals surface area (Å²) in [6.45, 7) is 3.15. The standard InChI is InChI=1S/C25H29N5O2S/c1-3-26-21-11-9-18(10-12-21)19-13-23-24(20-15-28-29(2)16-20)17-30(25(23)27-14-19)33(31,32)22-7-5-4-6-8-22/h4-8,13-18,21,26H,3,9-12H2,1-2H3. The van der Waals surface area contributed by atoms with Gasteiger partial charge in [-0.25, -0.2) is 17.4 Å². The van der Waals surface area contributed by atoms with E-state index in [1.54, 1.807) is 41.3 Å². The first-order chi connectivity index (χ1) is 16.0. The van der Waals surface area contributed by atoms with Crippen molar-refractivity contribution in [2.75, 3.05) is 6.54 Å². The lowest BCUT2D eigenvalue weighted by Crippen LogP contribution is -2.32. The van der Waals surface area contributed by atoms with Gasteiger partial charge in [0.05, 0.1) is 11.1 Å².